The summed E-state index contributed by atoms with van der Waals surface area (Å²) in [5, 5.41) is 3.34. The van der Waals surface area contributed by atoms with E-state index in [2.05, 4.69) is 5.32 Å². The van der Waals surface area contributed by atoms with Crippen LogP contribution < -0.4 is 5.32 Å². The van der Waals surface area contributed by atoms with Crippen molar-refractivity contribution in [1.82, 2.24) is 0 Å². The molecule has 0 atom stereocenters. The molecule has 0 spiro atoms. The number of para-hydroxylation sites is 1. The minimum absolute atomic E-state index is 0.344. The molecule has 0 saturated carbocycles. The van der Waals surface area contributed by atoms with Gasteiger partial charge in [0.1, 0.15) is 0 Å². The minimum atomic E-state index is -0.570. The van der Waals surface area contributed by atoms with Crippen molar-refractivity contribution in [3.8, 4) is 0 Å². The van der Waals surface area contributed by atoms with E-state index in [1.54, 1.807) is 24.3 Å². The van der Waals surface area contributed by atoms with Gasteiger partial charge in [-0.3, -0.25) is 4.79 Å². The highest BCUT2D eigenvalue weighted by Crippen LogP contribution is 2.19. The van der Waals surface area contributed by atoms with E-state index in [1.807, 2.05) is 54.6 Å². The summed E-state index contributed by atoms with van der Waals surface area (Å²) in [4.78, 5) is 24.2. The molecular weight excluding hydrogens is 362 g/mol. The molecule has 5 heteroatoms. The zero-order valence-corrected chi connectivity index (χ0v) is 15.3. The van der Waals surface area contributed by atoms with Crippen LogP contribution in [0.1, 0.15) is 21.5 Å². The molecule has 0 saturated heterocycles. The molecule has 0 bridgehead atoms. The number of ether oxygens (including phenoxy) is 1. The summed E-state index contributed by atoms with van der Waals surface area (Å²) in [5.41, 5.74) is 3.18. The fourth-order valence-corrected chi connectivity index (χ4v) is 2.72. The third-order valence-corrected chi connectivity index (χ3v) is 4.20. The molecule has 4 nitrogen and oxygen atoms in total. The number of carbonyl (C=O) groups excluding carboxylic acids is 2. The maximum absolute atomic E-state index is 12.2. The van der Waals surface area contributed by atoms with Gasteiger partial charge in [0.05, 0.1) is 5.56 Å². The van der Waals surface area contributed by atoms with Gasteiger partial charge in [-0.25, -0.2) is 4.79 Å². The van der Waals surface area contributed by atoms with Gasteiger partial charge in [-0.15, -0.1) is 0 Å². The van der Waals surface area contributed by atoms with Gasteiger partial charge in [0, 0.05) is 10.7 Å². The number of hydrogen-bond donors (Lipinski definition) is 1. The van der Waals surface area contributed by atoms with Crippen LogP contribution in [0.15, 0.2) is 78.9 Å². The fourth-order valence-electron chi connectivity index (χ4n) is 2.60. The average Bonchev–Trinajstić information content (AvgIpc) is 2.69. The number of rotatable bonds is 6. The Hall–Kier alpha value is -3.11. The first kappa shape index (κ1) is 18.7. The largest absolute Gasteiger partial charge is 0.452 e. The number of amides is 1. The lowest BCUT2D eigenvalue weighted by molar-refractivity contribution is -0.119. The first-order valence-electron chi connectivity index (χ1n) is 8.46. The van der Waals surface area contributed by atoms with Crippen LogP contribution in [0, 0.1) is 0 Å². The van der Waals surface area contributed by atoms with Crippen LogP contribution in [-0.4, -0.2) is 18.5 Å². The van der Waals surface area contributed by atoms with E-state index in [9.17, 15) is 9.59 Å². The number of esters is 1. The van der Waals surface area contributed by atoms with Crippen molar-refractivity contribution in [3.63, 3.8) is 0 Å². The van der Waals surface area contributed by atoms with Crippen molar-refractivity contribution < 1.29 is 14.3 Å². The Kier molecular flexibility index (Phi) is 6.23. The molecule has 3 rings (SSSR count). The summed E-state index contributed by atoms with van der Waals surface area (Å²) in [6.45, 7) is -0.360. The van der Waals surface area contributed by atoms with Gasteiger partial charge < -0.3 is 10.1 Å². The molecule has 1 amide bonds. The van der Waals surface area contributed by atoms with Crippen molar-refractivity contribution in [2.45, 2.75) is 6.42 Å². The second-order valence-electron chi connectivity index (χ2n) is 5.95. The predicted molar refractivity (Wildman–Crippen MR) is 106 cm³/mol. The van der Waals surface area contributed by atoms with Crippen molar-refractivity contribution in [2.75, 3.05) is 11.9 Å². The molecule has 0 radical (unpaired) electrons. The maximum Gasteiger partial charge on any atom is 0.338 e. The first-order chi connectivity index (χ1) is 13.1. The summed E-state index contributed by atoms with van der Waals surface area (Å²) < 4.78 is 5.07. The third-order valence-electron chi connectivity index (χ3n) is 3.94. The van der Waals surface area contributed by atoms with Crippen LogP contribution in [0.3, 0.4) is 0 Å². The SMILES string of the molecule is O=C(COC(=O)c1ccc(Cl)cc1)Nc1ccccc1Cc1ccccc1. The van der Waals surface area contributed by atoms with Crippen LogP contribution in [-0.2, 0) is 16.0 Å². The molecule has 0 aliphatic rings. The number of carbonyl (C=O) groups is 2. The average molecular weight is 380 g/mol. The Labute approximate surface area is 162 Å². The molecular formula is C22H18ClNO3. The molecule has 0 unspecified atom stereocenters. The van der Waals surface area contributed by atoms with E-state index >= 15 is 0 Å². The first-order valence-corrected chi connectivity index (χ1v) is 8.84. The van der Waals surface area contributed by atoms with Gasteiger partial charge in [-0.2, -0.15) is 0 Å². The van der Waals surface area contributed by atoms with E-state index in [-0.39, 0.29) is 6.61 Å². The van der Waals surface area contributed by atoms with Crippen molar-refractivity contribution in [1.29, 1.82) is 0 Å². The molecule has 3 aromatic rings. The molecule has 0 heterocycles. The van der Waals surface area contributed by atoms with E-state index in [4.69, 9.17) is 16.3 Å². The van der Waals surface area contributed by atoms with Crippen molar-refractivity contribution in [2.24, 2.45) is 0 Å². The number of hydrogen-bond acceptors (Lipinski definition) is 3. The number of anilines is 1. The van der Waals surface area contributed by atoms with E-state index in [0.29, 0.717) is 22.7 Å². The summed E-state index contributed by atoms with van der Waals surface area (Å²) in [5.74, 6) is -0.961. The lowest BCUT2D eigenvalue weighted by Crippen LogP contribution is -2.21. The quantitative estimate of drug-likeness (QED) is 0.630. The second kappa shape index (κ2) is 9.01. The maximum atomic E-state index is 12.2. The zero-order chi connectivity index (χ0) is 19.1. The molecule has 0 fully saturated rings. The summed E-state index contributed by atoms with van der Waals surface area (Å²) in [6.07, 6.45) is 0.696. The van der Waals surface area contributed by atoms with Crippen LogP contribution in [0.2, 0.25) is 5.02 Å². The number of nitrogens with one attached hydrogen (secondary N) is 1. The summed E-state index contributed by atoms with van der Waals surface area (Å²) >= 11 is 5.79. The Morgan fingerprint density at radius 3 is 2.26 bits per heavy atom. The summed E-state index contributed by atoms with van der Waals surface area (Å²) in [6, 6.07) is 23.9. The van der Waals surface area contributed by atoms with Crippen LogP contribution in [0.25, 0.3) is 0 Å². The van der Waals surface area contributed by atoms with Gasteiger partial charge >= 0.3 is 5.97 Å². The topological polar surface area (TPSA) is 55.4 Å². The Balaban J connectivity index is 1.59. The lowest BCUT2D eigenvalue weighted by atomic mass is 10.0. The van der Waals surface area contributed by atoms with Crippen molar-refractivity contribution >= 4 is 29.2 Å². The molecule has 1 N–H and O–H groups in total. The van der Waals surface area contributed by atoms with Crippen LogP contribution in [0.4, 0.5) is 5.69 Å². The zero-order valence-electron chi connectivity index (χ0n) is 14.5. The van der Waals surface area contributed by atoms with Gasteiger partial charge in [0.25, 0.3) is 5.91 Å². The number of halogens is 1. The molecule has 3 aromatic carbocycles. The highest BCUT2D eigenvalue weighted by Gasteiger charge is 2.12. The fraction of sp³-hybridized carbons (Fsp3) is 0.0909. The monoisotopic (exact) mass is 379 g/mol. The van der Waals surface area contributed by atoms with Crippen molar-refractivity contribution in [3.05, 3.63) is 101 Å². The smallest absolute Gasteiger partial charge is 0.338 e. The van der Waals surface area contributed by atoms with Gasteiger partial charge in [-0.1, -0.05) is 60.1 Å². The third kappa shape index (κ3) is 5.43. The van der Waals surface area contributed by atoms with E-state index in [0.717, 1.165) is 11.1 Å². The Morgan fingerprint density at radius 1 is 0.852 bits per heavy atom. The highest BCUT2D eigenvalue weighted by atomic mass is 35.5. The number of benzene rings is 3. The van der Waals surface area contributed by atoms with E-state index in [1.165, 1.54) is 0 Å². The van der Waals surface area contributed by atoms with Gasteiger partial charge in [0.15, 0.2) is 6.61 Å². The normalized spacial score (nSPS) is 10.3. The van der Waals surface area contributed by atoms with Gasteiger partial charge in [-0.05, 0) is 47.9 Å². The van der Waals surface area contributed by atoms with Gasteiger partial charge in [0.2, 0.25) is 0 Å². The Morgan fingerprint density at radius 2 is 1.52 bits per heavy atom. The minimum Gasteiger partial charge on any atom is -0.452 e. The highest BCUT2D eigenvalue weighted by molar-refractivity contribution is 6.30. The molecule has 27 heavy (non-hydrogen) atoms. The molecule has 0 aromatic heterocycles. The standard InChI is InChI=1S/C22H18ClNO3/c23-19-12-10-17(11-13-19)22(26)27-15-21(25)24-20-9-5-4-8-18(20)14-16-6-2-1-3-7-16/h1-13H,14-15H2,(H,24,25). The Bertz CT molecular complexity index is 924. The molecule has 0 aliphatic carbocycles. The van der Waals surface area contributed by atoms with Crippen LogP contribution >= 0.6 is 11.6 Å². The second-order valence-corrected chi connectivity index (χ2v) is 6.39. The molecule has 136 valence electrons. The van der Waals surface area contributed by atoms with E-state index < -0.39 is 11.9 Å². The lowest BCUT2D eigenvalue weighted by Gasteiger charge is -2.11. The molecule has 0 aliphatic heterocycles. The summed E-state index contributed by atoms with van der Waals surface area (Å²) in [7, 11) is 0. The predicted octanol–water partition coefficient (Wildman–Crippen LogP) is 4.73. The van der Waals surface area contributed by atoms with Crippen LogP contribution in [0.5, 0.6) is 0 Å².